The van der Waals surface area contributed by atoms with Crippen molar-refractivity contribution >= 4 is 11.9 Å². The first-order chi connectivity index (χ1) is 12.4. The number of hydrogen-bond acceptors (Lipinski definition) is 6. The van der Waals surface area contributed by atoms with E-state index in [9.17, 15) is 9.59 Å². The Kier molecular flexibility index (Phi) is 8.75. The molecule has 1 rings (SSSR count). The molecule has 1 aromatic carbocycles. The van der Waals surface area contributed by atoms with Crippen LogP contribution in [0, 0.1) is 5.92 Å². The molecule has 146 valence electrons. The number of rotatable bonds is 10. The molecule has 1 aromatic rings. The first kappa shape index (κ1) is 21.6. The molecule has 26 heavy (non-hydrogen) atoms. The van der Waals surface area contributed by atoms with Crippen LogP contribution in [0.5, 0.6) is 17.2 Å². The fourth-order valence-electron chi connectivity index (χ4n) is 2.50. The quantitative estimate of drug-likeness (QED) is 0.592. The Balaban J connectivity index is 3.17. The van der Waals surface area contributed by atoms with Crippen molar-refractivity contribution < 1.29 is 28.5 Å². The van der Waals surface area contributed by atoms with Gasteiger partial charge in [-0.1, -0.05) is 6.92 Å². The van der Waals surface area contributed by atoms with Gasteiger partial charge in [-0.2, -0.15) is 0 Å². The number of methoxy groups -OCH3 is 1. The maximum Gasteiger partial charge on any atom is 0.310 e. The summed E-state index contributed by atoms with van der Waals surface area (Å²) in [4.78, 5) is 25.9. The molecule has 0 radical (unpaired) electrons. The van der Waals surface area contributed by atoms with Gasteiger partial charge in [0.2, 0.25) is 5.75 Å². The zero-order valence-corrected chi connectivity index (χ0v) is 16.5. The number of carbonyl (C=O) groups excluding carboxylic acids is 2. The molecule has 7 heteroatoms. The zero-order chi connectivity index (χ0) is 19.7. The van der Waals surface area contributed by atoms with E-state index in [-0.39, 0.29) is 18.4 Å². The van der Waals surface area contributed by atoms with Gasteiger partial charge in [0, 0.05) is 19.2 Å². The lowest BCUT2D eigenvalue weighted by atomic mass is 10.1. The van der Waals surface area contributed by atoms with Crippen LogP contribution >= 0.6 is 0 Å². The fraction of sp³-hybridized carbons (Fsp3) is 0.579. The van der Waals surface area contributed by atoms with Gasteiger partial charge in [0.05, 0.1) is 32.8 Å². The van der Waals surface area contributed by atoms with E-state index in [2.05, 4.69) is 0 Å². The standard InChI is InChI=1S/C19H29NO6/c1-7-24-15-10-14(11-16(25-8-2)17(15)26-9-3)18(21)20(5)12-13(4)19(22)23-6/h10-11,13H,7-9,12H2,1-6H3. The molecule has 1 atom stereocenters. The van der Waals surface area contributed by atoms with E-state index < -0.39 is 5.92 Å². The molecule has 0 aromatic heterocycles. The van der Waals surface area contributed by atoms with E-state index in [1.165, 1.54) is 12.0 Å². The first-order valence-electron chi connectivity index (χ1n) is 8.79. The Morgan fingerprint density at radius 3 is 1.92 bits per heavy atom. The van der Waals surface area contributed by atoms with Crippen LogP contribution in [0.15, 0.2) is 12.1 Å². The maximum absolute atomic E-state index is 12.8. The van der Waals surface area contributed by atoms with Crippen LogP contribution in [-0.4, -0.2) is 57.3 Å². The largest absolute Gasteiger partial charge is 0.490 e. The summed E-state index contributed by atoms with van der Waals surface area (Å²) in [5.74, 6) is 0.371. The smallest absolute Gasteiger partial charge is 0.310 e. The average Bonchev–Trinajstić information content (AvgIpc) is 2.62. The molecule has 0 bridgehead atoms. The Morgan fingerprint density at radius 1 is 1.00 bits per heavy atom. The summed E-state index contributed by atoms with van der Waals surface area (Å²) in [5, 5.41) is 0. The molecule has 1 unspecified atom stereocenters. The van der Waals surface area contributed by atoms with Gasteiger partial charge in [0.15, 0.2) is 11.5 Å². The fourth-order valence-corrected chi connectivity index (χ4v) is 2.50. The minimum Gasteiger partial charge on any atom is -0.490 e. The minimum absolute atomic E-state index is 0.243. The number of hydrogen-bond donors (Lipinski definition) is 0. The Hall–Kier alpha value is -2.44. The third kappa shape index (κ3) is 5.54. The summed E-state index contributed by atoms with van der Waals surface area (Å²) in [5.41, 5.74) is 0.403. The Morgan fingerprint density at radius 2 is 1.50 bits per heavy atom. The van der Waals surface area contributed by atoms with E-state index in [1.54, 1.807) is 26.1 Å². The monoisotopic (exact) mass is 367 g/mol. The highest BCUT2D eigenvalue weighted by molar-refractivity contribution is 5.95. The summed E-state index contributed by atoms with van der Waals surface area (Å²) >= 11 is 0. The van der Waals surface area contributed by atoms with Gasteiger partial charge in [-0.05, 0) is 32.9 Å². The van der Waals surface area contributed by atoms with Gasteiger partial charge >= 0.3 is 5.97 Å². The van der Waals surface area contributed by atoms with Crippen LogP contribution in [0.4, 0.5) is 0 Å². The summed E-state index contributed by atoms with van der Waals surface area (Å²) in [6, 6.07) is 3.28. The van der Waals surface area contributed by atoms with E-state index in [0.717, 1.165) is 0 Å². The number of ether oxygens (including phenoxy) is 4. The molecule has 0 saturated carbocycles. The first-order valence-corrected chi connectivity index (χ1v) is 8.79. The van der Waals surface area contributed by atoms with Crippen molar-refractivity contribution in [1.82, 2.24) is 4.90 Å². The molecule has 0 aliphatic rings. The summed E-state index contributed by atoms with van der Waals surface area (Å²) < 4.78 is 21.6. The maximum atomic E-state index is 12.8. The molecular formula is C19H29NO6. The predicted octanol–water partition coefficient (Wildman–Crippen LogP) is 2.76. The van der Waals surface area contributed by atoms with Crippen molar-refractivity contribution in [3.63, 3.8) is 0 Å². The average molecular weight is 367 g/mol. The number of benzene rings is 1. The number of esters is 1. The summed E-state index contributed by atoms with van der Waals surface area (Å²) in [6.45, 7) is 8.84. The Bertz CT molecular complexity index is 589. The summed E-state index contributed by atoms with van der Waals surface area (Å²) in [7, 11) is 2.97. The Labute approximate surface area is 155 Å². The lowest BCUT2D eigenvalue weighted by molar-refractivity contribution is -0.145. The van der Waals surface area contributed by atoms with Gasteiger partial charge < -0.3 is 23.8 Å². The molecule has 1 amide bonds. The highest BCUT2D eigenvalue weighted by Gasteiger charge is 2.23. The highest BCUT2D eigenvalue weighted by atomic mass is 16.5. The molecule has 0 saturated heterocycles. The molecule has 0 aliphatic carbocycles. The van der Waals surface area contributed by atoms with Crippen LogP contribution in [0.25, 0.3) is 0 Å². The minimum atomic E-state index is -0.422. The molecule has 0 heterocycles. The second-order valence-electron chi connectivity index (χ2n) is 5.71. The second-order valence-corrected chi connectivity index (χ2v) is 5.71. The highest BCUT2D eigenvalue weighted by Crippen LogP contribution is 2.39. The van der Waals surface area contributed by atoms with E-state index in [4.69, 9.17) is 18.9 Å². The second kappa shape index (κ2) is 10.5. The molecule has 0 fully saturated rings. The molecule has 0 aliphatic heterocycles. The van der Waals surface area contributed by atoms with Gasteiger partial charge in [0.1, 0.15) is 0 Å². The number of nitrogens with zero attached hydrogens (tertiary/aromatic N) is 1. The van der Waals surface area contributed by atoms with Crippen molar-refractivity contribution in [2.75, 3.05) is 40.5 Å². The van der Waals surface area contributed by atoms with Gasteiger partial charge in [-0.25, -0.2) is 0 Å². The molecule has 7 nitrogen and oxygen atoms in total. The van der Waals surface area contributed by atoms with Crippen molar-refractivity contribution in [3.8, 4) is 17.2 Å². The molecule has 0 N–H and O–H groups in total. The third-order valence-electron chi connectivity index (χ3n) is 3.65. The number of carbonyl (C=O) groups is 2. The van der Waals surface area contributed by atoms with Crippen LogP contribution in [-0.2, 0) is 9.53 Å². The molecule has 0 spiro atoms. The predicted molar refractivity (Wildman–Crippen MR) is 98.1 cm³/mol. The van der Waals surface area contributed by atoms with Crippen molar-refractivity contribution in [2.45, 2.75) is 27.7 Å². The van der Waals surface area contributed by atoms with E-state index >= 15 is 0 Å². The van der Waals surface area contributed by atoms with Crippen LogP contribution in [0.3, 0.4) is 0 Å². The van der Waals surface area contributed by atoms with Crippen LogP contribution in [0.1, 0.15) is 38.1 Å². The normalized spacial score (nSPS) is 11.5. The lowest BCUT2D eigenvalue weighted by Gasteiger charge is -2.22. The van der Waals surface area contributed by atoms with Gasteiger partial charge in [-0.15, -0.1) is 0 Å². The lowest BCUT2D eigenvalue weighted by Crippen LogP contribution is -2.34. The molecular weight excluding hydrogens is 338 g/mol. The van der Waals surface area contributed by atoms with Crippen molar-refractivity contribution in [3.05, 3.63) is 17.7 Å². The van der Waals surface area contributed by atoms with Gasteiger partial charge in [-0.3, -0.25) is 9.59 Å². The topological polar surface area (TPSA) is 74.3 Å². The van der Waals surface area contributed by atoms with Crippen LogP contribution < -0.4 is 14.2 Å². The number of amides is 1. The van der Waals surface area contributed by atoms with E-state index in [0.29, 0.717) is 42.6 Å². The SMILES string of the molecule is CCOc1cc(C(=O)N(C)CC(C)C(=O)OC)cc(OCC)c1OCC. The van der Waals surface area contributed by atoms with E-state index in [1.807, 2.05) is 20.8 Å². The summed E-state index contributed by atoms with van der Waals surface area (Å²) in [6.07, 6.45) is 0. The van der Waals surface area contributed by atoms with Crippen molar-refractivity contribution in [2.24, 2.45) is 5.92 Å². The van der Waals surface area contributed by atoms with Gasteiger partial charge in [0.25, 0.3) is 5.91 Å². The zero-order valence-electron chi connectivity index (χ0n) is 16.5. The van der Waals surface area contributed by atoms with Crippen LogP contribution in [0.2, 0.25) is 0 Å². The third-order valence-corrected chi connectivity index (χ3v) is 3.65. The van der Waals surface area contributed by atoms with Crippen molar-refractivity contribution in [1.29, 1.82) is 0 Å².